The van der Waals surface area contributed by atoms with Gasteiger partial charge in [0.1, 0.15) is 12.4 Å². The highest BCUT2D eigenvalue weighted by atomic mass is 19.1. The van der Waals surface area contributed by atoms with E-state index in [-0.39, 0.29) is 23.7 Å². The molecule has 0 radical (unpaired) electrons. The summed E-state index contributed by atoms with van der Waals surface area (Å²) in [5.41, 5.74) is 0.634. The van der Waals surface area contributed by atoms with Crippen LogP contribution in [0.1, 0.15) is 31.7 Å². The fourth-order valence-electron chi connectivity index (χ4n) is 1.84. The van der Waals surface area contributed by atoms with Crippen LogP contribution in [0.2, 0.25) is 0 Å². The highest BCUT2D eigenvalue weighted by molar-refractivity contribution is 5.74. The number of halogens is 1. The molecule has 1 saturated carbocycles. The van der Waals surface area contributed by atoms with E-state index in [9.17, 15) is 9.18 Å². The number of esters is 1. The third-order valence-corrected chi connectivity index (χ3v) is 3.37. The molecule has 0 heterocycles. The zero-order chi connectivity index (χ0) is 13.7. The fourth-order valence-corrected chi connectivity index (χ4v) is 1.84. The molecule has 0 bridgehead atoms. The number of carbonyl (C=O) groups is 1. The Balaban J connectivity index is 1.75. The van der Waals surface area contributed by atoms with Gasteiger partial charge < -0.3 is 10.1 Å². The summed E-state index contributed by atoms with van der Waals surface area (Å²) in [4.78, 5) is 11.4. The number of carbonyl (C=O) groups excluding carboxylic acids is 1. The van der Waals surface area contributed by atoms with Crippen LogP contribution in [0.5, 0.6) is 0 Å². The van der Waals surface area contributed by atoms with E-state index in [0.717, 1.165) is 19.3 Å². The second kappa shape index (κ2) is 6.66. The largest absolute Gasteiger partial charge is 0.464 e. The van der Waals surface area contributed by atoms with Crippen molar-refractivity contribution in [2.45, 2.75) is 38.8 Å². The first-order valence-corrected chi connectivity index (χ1v) is 6.84. The molecule has 1 aromatic rings. The normalized spacial score (nSPS) is 16.1. The Morgan fingerprint density at radius 2 is 2.21 bits per heavy atom. The first-order chi connectivity index (χ1) is 9.20. The Morgan fingerprint density at radius 1 is 1.47 bits per heavy atom. The molecule has 1 aliphatic rings. The van der Waals surface area contributed by atoms with Crippen LogP contribution in [0.15, 0.2) is 24.3 Å². The highest BCUT2D eigenvalue weighted by Crippen LogP contribution is 2.30. The summed E-state index contributed by atoms with van der Waals surface area (Å²) >= 11 is 0. The topological polar surface area (TPSA) is 38.3 Å². The molecule has 4 heteroatoms. The number of nitrogens with one attached hydrogen (secondary N) is 1. The molecule has 1 aromatic carbocycles. The molecule has 0 saturated heterocycles. The zero-order valence-electron chi connectivity index (χ0n) is 11.2. The van der Waals surface area contributed by atoms with Gasteiger partial charge in [-0.2, -0.15) is 0 Å². The Kier molecular flexibility index (Phi) is 4.91. The second-order valence-electron chi connectivity index (χ2n) is 4.98. The van der Waals surface area contributed by atoms with E-state index < -0.39 is 0 Å². The molecule has 104 valence electrons. The minimum absolute atomic E-state index is 0.0716. The summed E-state index contributed by atoms with van der Waals surface area (Å²) in [5.74, 6) is -0.171. The summed E-state index contributed by atoms with van der Waals surface area (Å²) in [6, 6.07) is 6.76. The lowest BCUT2D eigenvalue weighted by molar-refractivity contribution is -0.145. The molecule has 19 heavy (non-hydrogen) atoms. The van der Waals surface area contributed by atoms with Crippen LogP contribution >= 0.6 is 0 Å². The summed E-state index contributed by atoms with van der Waals surface area (Å²) in [6.45, 7) is 2.83. The fraction of sp³-hybridized carbons (Fsp3) is 0.533. The predicted octanol–water partition coefficient (Wildman–Crippen LogP) is 2.65. The van der Waals surface area contributed by atoms with Crippen LogP contribution < -0.4 is 5.32 Å². The van der Waals surface area contributed by atoms with Crippen molar-refractivity contribution < 1.29 is 13.9 Å². The third kappa shape index (κ3) is 4.31. The molecule has 2 rings (SSSR count). The van der Waals surface area contributed by atoms with Gasteiger partial charge in [-0.25, -0.2) is 4.39 Å². The van der Waals surface area contributed by atoms with Gasteiger partial charge in [-0.05, 0) is 25.3 Å². The van der Waals surface area contributed by atoms with Gasteiger partial charge >= 0.3 is 5.97 Å². The minimum atomic E-state index is -0.208. The van der Waals surface area contributed by atoms with Gasteiger partial charge in [-0.1, -0.05) is 25.1 Å². The van der Waals surface area contributed by atoms with Crippen LogP contribution in [-0.4, -0.2) is 18.6 Å². The molecular formula is C15H20FNO2. The van der Waals surface area contributed by atoms with Crippen molar-refractivity contribution in [2.75, 3.05) is 6.61 Å². The molecule has 0 amide bonds. The Morgan fingerprint density at radius 3 is 2.84 bits per heavy atom. The van der Waals surface area contributed by atoms with Gasteiger partial charge in [-0.3, -0.25) is 4.79 Å². The van der Waals surface area contributed by atoms with Gasteiger partial charge in [0.2, 0.25) is 0 Å². The van der Waals surface area contributed by atoms with E-state index in [0.29, 0.717) is 18.7 Å². The van der Waals surface area contributed by atoms with E-state index in [4.69, 9.17) is 4.74 Å². The lowest BCUT2D eigenvalue weighted by Crippen LogP contribution is -2.33. The van der Waals surface area contributed by atoms with E-state index in [1.54, 1.807) is 12.1 Å². The Labute approximate surface area is 113 Å². The Bertz CT molecular complexity index is 432. The maximum absolute atomic E-state index is 13.4. The van der Waals surface area contributed by atoms with Crippen LogP contribution in [-0.2, 0) is 16.1 Å². The first-order valence-electron chi connectivity index (χ1n) is 6.84. The molecule has 0 aromatic heterocycles. The van der Waals surface area contributed by atoms with Crippen molar-refractivity contribution in [3.63, 3.8) is 0 Å². The van der Waals surface area contributed by atoms with Gasteiger partial charge in [-0.15, -0.1) is 0 Å². The van der Waals surface area contributed by atoms with Crippen molar-refractivity contribution >= 4 is 5.97 Å². The van der Waals surface area contributed by atoms with Crippen molar-refractivity contribution in [3.05, 3.63) is 35.6 Å². The van der Waals surface area contributed by atoms with Crippen LogP contribution in [0.25, 0.3) is 0 Å². The summed E-state index contributed by atoms with van der Waals surface area (Å²) in [7, 11) is 0. The Hall–Kier alpha value is -1.42. The van der Waals surface area contributed by atoms with E-state index in [1.165, 1.54) is 6.07 Å². The van der Waals surface area contributed by atoms with Gasteiger partial charge in [0.15, 0.2) is 0 Å². The summed E-state index contributed by atoms with van der Waals surface area (Å²) in [6.07, 6.45) is 2.75. The number of hydrogen-bond donors (Lipinski definition) is 1. The molecule has 0 spiro atoms. The molecule has 1 aliphatic carbocycles. The summed E-state index contributed by atoms with van der Waals surface area (Å²) < 4.78 is 18.7. The minimum Gasteiger partial charge on any atom is -0.464 e. The zero-order valence-corrected chi connectivity index (χ0v) is 11.2. The predicted molar refractivity (Wildman–Crippen MR) is 71.0 cm³/mol. The van der Waals surface area contributed by atoms with Gasteiger partial charge in [0.25, 0.3) is 0 Å². The molecule has 1 fully saturated rings. The highest BCUT2D eigenvalue weighted by Gasteiger charge is 2.31. The number of benzene rings is 1. The van der Waals surface area contributed by atoms with E-state index in [2.05, 4.69) is 5.32 Å². The molecule has 1 atom stereocenters. The standard InChI is InChI=1S/C15H20FNO2/c1-2-13(10-19-15(18)11-7-8-11)17-9-12-5-3-4-6-14(12)16/h3-6,11,13,17H,2,7-10H2,1H3. The van der Waals surface area contributed by atoms with Gasteiger partial charge in [0.05, 0.1) is 5.92 Å². The van der Waals surface area contributed by atoms with Crippen LogP contribution in [0.3, 0.4) is 0 Å². The van der Waals surface area contributed by atoms with Crippen LogP contribution in [0.4, 0.5) is 4.39 Å². The van der Waals surface area contributed by atoms with Gasteiger partial charge in [0, 0.05) is 18.2 Å². The third-order valence-electron chi connectivity index (χ3n) is 3.37. The average Bonchev–Trinajstić information content (AvgIpc) is 3.25. The summed E-state index contributed by atoms with van der Waals surface area (Å²) in [5, 5.41) is 3.22. The van der Waals surface area contributed by atoms with E-state index in [1.807, 2.05) is 13.0 Å². The smallest absolute Gasteiger partial charge is 0.308 e. The van der Waals surface area contributed by atoms with Crippen molar-refractivity contribution in [2.24, 2.45) is 5.92 Å². The number of rotatable bonds is 7. The van der Waals surface area contributed by atoms with Crippen LogP contribution in [0, 0.1) is 11.7 Å². The van der Waals surface area contributed by atoms with E-state index >= 15 is 0 Å². The lowest BCUT2D eigenvalue weighted by Gasteiger charge is -2.17. The number of ether oxygens (including phenoxy) is 1. The molecule has 0 aliphatic heterocycles. The SMILES string of the molecule is CCC(COC(=O)C1CC1)NCc1ccccc1F. The molecule has 1 N–H and O–H groups in total. The average molecular weight is 265 g/mol. The monoisotopic (exact) mass is 265 g/mol. The number of hydrogen-bond acceptors (Lipinski definition) is 3. The van der Waals surface area contributed by atoms with Crippen molar-refractivity contribution in [1.82, 2.24) is 5.32 Å². The molecule has 3 nitrogen and oxygen atoms in total. The second-order valence-corrected chi connectivity index (χ2v) is 4.98. The quantitative estimate of drug-likeness (QED) is 0.770. The lowest BCUT2D eigenvalue weighted by atomic mass is 10.2. The van der Waals surface area contributed by atoms with Crippen molar-refractivity contribution in [1.29, 1.82) is 0 Å². The maximum atomic E-state index is 13.4. The maximum Gasteiger partial charge on any atom is 0.308 e. The first kappa shape index (κ1) is 14.0. The molecule has 1 unspecified atom stereocenters. The molecular weight excluding hydrogens is 245 g/mol. The van der Waals surface area contributed by atoms with Crippen molar-refractivity contribution in [3.8, 4) is 0 Å².